The summed E-state index contributed by atoms with van der Waals surface area (Å²) >= 11 is 0. The number of para-hydroxylation sites is 2. The Morgan fingerprint density at radius 3 is 2.69 bits per heavy atom. The molecule has 154 valence electrons. The van der Waals surface area contributed by atoms with Crippen LogP contribution in [0.3, 0.4) is 0 Å². The number of hydrogen-bond acceptors (Lipinski definition) is 6. The maximum atomic E-state index is 13.4. The maximum absolute atomic E-state index is 13.4. The van der Waals surface area contributed by atoms with Gasteiger partial charge in [-0.1, -0.05) is 12.1 Å². The molecule has 29 heavy (non-hydrogen) atoms. The van der Waals surface area contributed by atoms with E-state index in [1.54, 1.807) is 19.2 Å². The Labute approximate surface area is 168 Å². The zero-order valence-corrected chi connectivity index (χ0v) is 16.1. The fourth-order valence-corrected chi connectivity index (χ4v) is 3.87. The summed E-state index contributed by atoms with van der Waals surface area (Å²) in [4.78, 5) is 26.3. The monoisotopic (exact) mass is 400 g/mol. The highest BCUT2D eigenvalue weighted by molar-refractivity contribution is 5.99. The second-order valence-corrected chi connectivity index (χ2v) is 7.45. The molecule has 9 heteroatoms. The van der Waals surface area contributed by atoms with Crippen LogP contribution in [0.5, 0.6) is 5.75 Å². The minimum atomic E-state index is -0.903. The first kappa shape index (κ1) is 19.4. The highest BCUT2D eigenvalue weighted by atomic mass is 16.7. The SMILES string of the molecule is CN1C(=O)[C@@H](c2cnn(C(N)=O)c2)[C@@H](OC2CCC(O)CC2)Oc2ccccc21. The normalized spacial score (nSPS) is 27.1. The third-order valence-electron chi connectivity index (χ3n) is 5.50. The molecule has 2 aliphatic rings. The Balaban J connectivity index is 1.69. The zero-order chi connectivity index (χ0) is 20.5. The number of carbonyl (C=O) groups is 2. The molecule has 0 radical (unpaired) electrons. The molecule has 2 amide bonds. The lowest BCUT2D eigenvalue weighted by Gasteiger charge is -2.31. The molecule has 1 aromatic carbocycles. The number of anilines is 1. The second kappa shape index (κ2) is 7.84. The zero-order valence-electron chi connectivity index (χ0n) is 16.1. The standard InChI is InChI=1S/C20H24N4O5/c1-23-15-4-2-3-5-16(15)29-19(28-14-8-6-13(25)7-9-14)17(18(23)26)12-10-22-24(11-12)20(21)27/h2-5,10-11,13-14,17,19,25H,6-9H2,1H3,(H2,21,27)/t13?,14?,17-,19+/m1/s1. The van der Waals surface area contributed by atoms with Crippen LogP contribution in [0.15, 0.2) is 36.7 Å². The van der Waals surface area contributed by atoms with E-state index in [1.165, 1.54) is 17.3 Å². The summed E-state index contributed by atoms with van der Waals surface area (Å²) < 4.78 is 13.4. The number of aromatic nitrogens is 2. The lowest BCUT2D eigenvalue weighted by Crippen LogP contribution is -2.41. The summed E-state index contributed by atoms with van der Waals surface area (Å²) in [5, 5.41) is 13.7. The Morgan fingerprint density at radius 2 is 2.00 bits per heavy atom. The average molecular weight is 400 g/mol. The van der Waals surface area contributed by atoms with E-state index in [9.17, 15) is 14.7 Å². The summed E-state index contributed by atoms with van der Waals surface area (Å²) in [6.45, 7) is 0. The molecule has 9 nitrogen and oxygen atoms in total. The molecule has 4 rings (SSSR count). The predicted octanol–water partition coefficient (Wildman–Crippen LogP) is 1.60. The van der Waals surface area contributed by atoms with Gasteiger partial charge >= 0.3 is 6.03 Å². The van der Waals surface area contributed by atoms with Gasteiger partial charge in [-0.05, 0) is 37.8 Å². The predicted molar refractivity (Wildman–Crippen MR) is 104 cm³/mol. The fourth-order valence-electron chi connectivity index (χ4n) is 3.87. The van der Waals surface area contributed by atoms with Crippen molar-refractivity contribution in [2.45, 2.75) is 50.1 Å². The summed E-state index contributed by atoms with van der Waals surface area (Å²) in [5.74, 6) is -0.527. The van der Waals surface area contributed by atoms with Crippen LogP contribution in [0.4, 0.5) is 10.5 Å². The minimum Gasteiger partial charge on any atom is -0.462 e. The van der Waals surface area contributed by atoms with E-state index in [0.717, 1.165) is 4.68 Å². The van der Waals surface area contributed by atoms with Gasteiger partial charge in [-0.25, -0.2) is 4.79 Å². The van der Waals surface area contributed by atoms with Crippen molar-refractivity contribution < 1.29 is 24.2 Å². The molecule has 0 spiro atoms. The molecule has 1 fully saturated rings. The number of ether oxygens (including phenoxy) is 2. The Hall–Kier alpha value is -2.91. The van der Waals surface area contributed by atoms with E-state index < -0.39 is 18.2 Å². The number of amides is 2. The summed E-state index contributed by atoms with van der Waals surface area (Å²) in [5.41, 5.74) is 6.41. The smallest absolute Gasteiger partial charge is 0.339 e. The lowest BCUT2D eigenvalue weighted by atomic mass is 9.94. The molecule has 2 aromatic rings. The van der Waals surface area contributed by atoms with Crippen molar-refractivity contribution in [3.8, 4) is 5.75 Å². The Morgan fingerprint density at radius 1 is 1.28 bits per heavy atom. The van der Waals surface area contributed by atoms with E-state index in [2.05, 4.69) is 5.10 Å². The quantitative estimate of drug-likeness (QED) is 0.807. The van der Waals surface area contributed by atoms with Crippen LogP contribution in [-0.2, 0) is 9.53 Å². The van der Waals surface area contributed by atoms with Gasteiger partial charge in [-0.2, -0.15) is 9.78 Å². The molecule has 2 heterocycles. The van der Waals surface area contributed by atoms with Crippen molar-refractivity contribution in [3.63, 3.8) is 0 Å². The van der Waals surface area contributed by atoms with Crippen LogP contribution in [0, 0.1) is 0 Å². The summed E-state index contributed by atoms with van der Waals surface area (Å²) in [6.07, 6.45) is 4.15. The molecule has 1 aliphatic carbocycles. The maximum Gasteiger partial charge on any atom is 0.339 e. The molecule has 1 aromatic heterocycles. The number of fused-ring (bicyclic) bond motifs is 1. The topological polar surface area (TPSA) is 120 Å². The van der Waals surface area contributed by atoms with Gasteiger partial charge in [0.1, 0.15) is 11.7 Å². The molecule has 1 aliphatic heterocycles. The number of benzene rings is 1. The van der Waals surface area contributed by atoms with E-state index in [4.69, 9.17) is 15.2 Å². The molecule has 3 N–H and O–H groups in total. The Kier molecular flexibility index (Phi) is 5.25. The van der Waals surface area contributed by atoms with Crippen molar-refractivity contribution >= 4 is 17.6 Å². The van der Waals surface area contributed by atoms with Gasteiger partial charge in [0.2, 0.25) is 12.2 Å². The first-order valence-electron chi connectivity index (χ1n) is 9.65. The van der Waals surface area contributed by atoms with E-state index in [-0.39, 0.29) is 18.1 Å². The van der Waals surface area contributed by atoms with Crippen LogP contribution in [0.25, 0.3) is 0 Å². The van der Waals surface area contributed by atoms with Gasteiger partial charge < -0.3 is 25.2 Å². The van der Waals surface area contributed by atoms with Gasteiger partial charge in [0.05, 0.1) is 24.1 Å². The molecule has 0 unspecified atom stereocenters. The van der Waals surface area contributed by atoms with Gasteiger partial charge in [-0.3, -0.25) is 4.79 Å². The van der Waals surface area contributed by atoms with Crippen LogP contribution in [0.2, 0.25) is 0 Å². The fraction of sp³-hybridized carbons (Fsp3) is 0.450. The lowest BCUT2D eigenvalue weighted by molar-refractivity contribution is -0.155. The first-order chi connectivity index (χ1) is 13.9. The van der Waals surface area contributed by atoms with Gasteiger partial charge in [-0.15, -0.1) is 0 Å². The number of nitrogens with two attached hydrogens (primary N) is 1. The number of aliphatic hydroxyl groups is 1. The van der Waals surface area contributed by atoms with Crippen molar-refractivity contribution in [2.75, 3.05) is 11.9 Å². The molecule has 1 saturated carbocycles. The number of primary amides is 1. The number of rotatable bonds is 3. The summed E-state index contributed by atoms with van der Waals surface area (Å²) in [7, 11) is 1.68. The first-order valence-corrected chi connectivity index (χ1v) is 9.65. The van der Waals surface area contributed by atoms with Gasteiger partial charge in [0.15, 0.2) is 0 Å². The van der Waals surface area contributed by atoms with Crippen molar-refractivity contribution in [3.05, 3.63) is 42.2 Å². The number of carbonyl (C=O) groups excluding carboxylic acids is 2. The number of nitrogens with zero attached hydrogens (tertiary/aromatic N) is 3. The highest BCUT2D eigenvalue weighted by Gasteiger charge is 2.41. The summed E-state index contributed by atoms with van der Waals surface area (Å²) in [6, 6.07) is 6.51. The largest absolute Gasteiger partial charge is 0.462 e. The van der Waals surface area contributed by atoms with E-state index in [0.29, 0.717) is 42.7 Å². The van der Waals surface area contributed by atoms with E-state index >= 15 is 0 Å². The van der Waals surface area contributed by atoms with Gasteiger partial charge in [0, 0.05) is 18.8 Å². The van der Waals surface area contributed by atoms with Crippen LogP contribution >= 0.6 is 0 Å². The number of likely N-dealkylation sites (N-methyl/N-ethyl adjacent to an activating group) is 1. The third-order valence-corrected chi connectivity index (χ3v) is 5.50. The Bertz CT molecular complexity index is 906. The van der Waals surface area contributed by atoms with Crippen molar-refractivity contribution in [2.24, 2.45) is 5.73 Å². The molecular formula is C20H24N4O5. The second-order valence-electron chi connectivity index (χ2n) is 7.45. The highest BCUT2D eigenvalue weighted by Crippen LogP contribution is 2.39. The van der Waals surface area contributed by atoms with Gasteiger partial charge in [0.25, 0.3) is 0 Å². The van der Waals surface area contributed by atoms with Crippen LogP contribution < -0.4 is 15.4 Å². The number of hydrogen-bond donors (Lipinski definition) is 2. The third kappa shape index (κ3) is 3.83. The minimum absolute atomic E-state index is 0.138. The van der Waals surface area contributed by atoms with Crippen LogP contribution in [-0.4, -0.2) is 52.4 Å². The molecule has 0 saturated heterocycles. The van der Waals surface area contributed by atoms with Crippen molar-refractivity contribution in [1.29, 1.82) is 0 Å². The number of aliphatic hydroxyl groups excluding tert-OH is 1. The molecule has 0 bridgehead atoms. The molecular weight excluding hydrogens is 376 g/mol. The van der Waals surface area contributed by atoms with E-state index in [1.807, 2.05) is 12.1 Å². The molecule has 2 atom stereocenters. The average Bonchev–Trinajstić information content (AvgIpc) is 3.16. The van der Waals surface area contributed by atoms with Crippen LogP contribution in [0.1, 0.15) is 37.2 Å². The van der Waals surface area contributed by atoms with Crippen molar-refractivity contribution in [1.82, 2.24) is 9.78 Å².